The SMILES string of the molecule is COc1cc(NCc2ccc(Cl)nc2)c([N+](=O)[O-])cc1F. The van der Waals surface area contributed by atoms with E-state index >= 15 is 0 Å². The van der Waals surface area contributed by atoms with Crippen molar-refractivity contribution >= 4 is 23.0 Å². The van der Waals surface area contributed by atoms with Crippen LogP contribution in [0.25, 0.3) is 0 Å². The first-order valence-corrected chi connectivity index (χ1v) is 6.25. The number of nitro groups is 1. The summed E-state index contributed by atoms with van der Waals surface area (Å²) in [6, 6.07) is 5.41. The maximum atomic E-state index is 13.5. The molecule has 0 bridgehead atoms. The van der Waals surface area contributed by atoms with E-state index < -0.39 is 10.7 Å². The maximum absolute atomic E-state index is 13.5. The number of rotatable bonds is 5. The van der Waals surface area contributed by atoms with Crippen LogP contribution in [0.1, 0.15) is 5.56 Å². The van der Waals surface area contributed by atoms with Crippen molar-refractivity contribution in [1.29, 1.82) is 0 Å². The van der Waals surface area contributed by atoms with Crippen LogP contribution in [0, 0.1) is 15.9 Å². The van der Waals surface area contributed by atoms with E-state index in [1.807, 2.05) is 0 Å². The van der Waals surface area contributed by atoms with Gasteiger partial charge in [0.05, 0.1) is 18.1 Å². The number of hydrogen-bond donors (Lipinski definition) is 1. The predicted octanol–water partition coefficient (Wildman–Crippen LogP) is 3.40. The molecule has 0 radical (unpaired) electrons. The molecule has 6 nitrogen and oxygen atoms in total. The number of halogens is 2. The summed E-state index contributed by atoms with van der Waals surface area (Å²) in [6.07, 6.45) is 1.54. The Hall–Kier alpha value is -2.41. The summed E-state index contributed by atoms with van der Waals surface area (Å²) < 4.78 is 18.3. The number of ether oxygens (including phenoxy) is 1. The van der Waals surface area contributed by atoms with E-state index in [4.69, 9.17) is 16.3 Å². The van der Waals surface area contributed by atoms with Crippen LogP contribution in [0.3, 0.4) is 0 Å². The highest BCUT2D eigenvalue weighted by Gasteiger charge is 2.18. The Balaban J connectivity index is 2.25. The number of anilines is 1. The van der Waals surface area contributed by atoms with E-state index in [1.54, 1.807) is 18.3 Å². The number of hydrogen-bond acceptors (Lipinski definition) is 5. The van der Waals surface area contributed by atoms with Gasteiger partial charge < -0.3 is 10.1 Å². The zero-order valence-corrected chi connectivity index (χ0v) is 11.7. The molecule has 0 aliphatic heterocycles. The van der Waals surface area contributed by atoms with Crippen LogP contribution in [-0.2, 0) is 6.54 Å². The summed E-state index contributed by atoms with van der Waals surface area (Å²) in [6.45, 7) is 0.278. The number of benzene rings is 1. The second-order valence-corrected chi connectivity index (χ2v) is 4.49. The van der Waals surface area contributed by atoms with Gasteiger partial charge in [-0.2, -0.15) is 0 Å². The van der Waals surface area contributed by atoms with E-state index in [0.29, 0.717) is 5.15 Å². The molecule has 0 spiro atoms. The second kappa shape index (κ2) is 6.36. The molecule has 0 atom stereocenters. The third kappa shape index (κ3) is 3.57. The van der Waals surface area contributed by atoms with Crippen molar-refractivity contribution in [3.8, 4) is 5.75 Å². The van der Waals surface area contributed by atoms with Crippen LogP contribution in [-0.4, -0.2) is 17.0 Å². The van der Waals surface area contributed by atoms with Crippen LogP contribution in [0.2, 0.25) is 5.15 Å². The van der Waals surface area contributed by atoms with Crippen molar-refractivity contribution in [2.75, 3.05) is 12.4 Å². The highest BCUT2D eigenvalue weighted by Crippen LogP contribution is 2.32. The molecule has 2 rings (SSSR count). The Kier molecular flexibility index (Phi) is 4.54. The van der Waals surface area contributed by atoms with E-state index in [0.717, 1.165) is 11.6 Å². The van der Waals surface area contributed by atoms with Crippen molar-refractivity contribution in [3.63, 3.8) is 0 Å². The molecule has 0 amide bonds. The predicted molar refractivity (Wildman–Crippen MR) is 76.2 cm³/mol. The van der Waals surface area contributed by atoms with Gasteiger partial charge in [0, 0.05) is 18.8 Å². The maximum Gasteiger partial charge on any atom is 0.295 e. The molecule has 0 aliphatic rings. The number of pyridine rings is 1. The lowest BCUT2D eigenvalue weighted by Crippen LogP contribution is -2.04. The topological polar surface area (TPSA) is 77.3 Å². The highest BCUT2D eigenvalue weighted by molar-refractivity contribution is 6.29. The lowest BCUT2D eigenvalue weighted by molar-refractivity contribution is -0.384. The lowest BCUT2D eigenvalue weighted by atomic mass is 10.2. The van der Waals surface area contributed by atoms with Crippen LogP contribution in [0.4, 0.5) is 15.8 Å². The van der Waals surface area contributed by atoms with Crippen LogP contribution < -0.4 is 10.1 Å². The zero-order valence-electron chi connectivity index (χ0n) is 11.0. The minimum absolute atomic E-state index is 0.0719. The summed E-state index contributed by atoms with van der Waals surface area (Å²) in [7, 11) is 1.29. The van der Waals surface area contributed by atoms with Gasteiger partial charge in [0.1, 0.15) is 10.8 Å². The molecule has 110 valence electrons. The third-order valence-electron chi connectivity index (χ3n) is 2.74. The van der Waals surface area contributed by atoms with E-state index in [2.05, 4.69) is 10.3 Å². The van der Waals surface area contributed by atoms with Crippen molar-refractivity contribution in [2.24, 2.45) is 0 Å². The Labute approximate surface area is 124 Å². The van der Waals surface area contributed by atoms with Gasteiger partial charge in [-0.15, -0.1) is 0 Å². The molecule has 1 heterocycles. The quantitative estimate of drug-likeness (QED) is 0.520. The molecule has 0 unspecified atom stereocenters. The first-order chi connectivity index (χ1) is 10.0. The smallest absolute Gasteiger partial charge is 0.295 e. The van der Waals surface area contributed by atoms with Gasteiger partial charge in [-0.25, -0.2) is 9.37 Å². The largest absolute Gasteiger partial charge is 0.494 e. The number of aromatic nitrogens is 1. The van der Waals surface area contributed by atoms with Gasteiger partial charge in [0.2, 0.25) is 0 Å². The standard InChI is InChI=1S/C13H11ClFN3O3/c1-21-12-5-10(11(18(19)20)4-9(12)15)16-6-8-2-3-13(14)17-7-8/h2-5,7,16H,6H2,1H3. The number of nitrogens with zero attached hydrogens (tertiary/aromatic N) is 2. The summed E-state index contributed by atoms with van der Waals surface area (Å²) in [5.41, 5.74) is 0.570. The number of methoxy groups -OCH3 is 1. The van der Waals surface area contributed by atoms with Gasteiger partial charge >= 0.3 is 0 Å². The fourth-order valence-corrected chi connectivity index (χ4v) is 1.81. The Bertz CT molecular complexity index is 664. The average molecular weight is 312 g/mol. The molecule has 8 heteroatoms. The number of nitrogens with one attached hydrogen (secondary N) is 1. The van der Waals surface area contributed by atoms with Crippen LogP contribution >= 0.6 is 11.6 Å². The Morgan fingerprint density at radius 2 is 2.24 bits per heavy atom. The Morgan fingerprint density at radius 1 is 1.48 bits per heavy atom. The van der Waals surface area contributed by atoms with Crippen molar-refractivity contribution < 1.29 is 14.1 Å². The van der Waals surface area contributed by atoms with Gasteiger partial charge in [0.15, 0.2) is 11.6 Å². The summed E-state index contributed by atoms with van der Waals surface area (Å²) in [5.74, 6) is -0.861. The molecule has 1 aromatic carbocycles. The molecule has 1 N–H and O–H groups in total. The van der Waals surface area contributed by atoms with Crippen molar-refractivity contribution in [1.82, 2.24) is 4.98 Å². The summed E-state index contributed by atoms with van der Waals surface area (Å²) in [5, 5.41) is 14.2. The van der Waals surface area contributed by atoms with Gasteiger partial charge in [-0.05, 0) is 11.6 Å². The highest BCUT2D eigenvalue weighted by atomic mass is 35.5. The zero-order chi connectivity index (χ0) is 15.4. The van der Waals surface area contributed by atoms with E-state index in [9.17, 15) is 14.5 Å². The molecular weight excluding hydrogens is 301 g/mol. The molecular formula is C13H11ClFN3O3. The van der Waals surface area contributed by atoms with Crippen molar-refractivity contribution in [2.45, 2.75) is 6.54 Å². The Morgan fingerprint density at radius 3 is 2.81 bits per heavy atom. The minimum atomic E-state index is -0.789. The molecule has 0 aliphatic carbocycles. The second-order valence-electron chi connectivity index (χ2n) is 4.10. The van der Waals surface area contributed by atoms with Crippen molar-refractivity contribution in [3.05, 3.63) is 57.1 Å². The normalized spacial score (nSPS) is 10.2. The first-order valence-electron chi connectivity index (χ1n) is 5.87. The lowest BCUT2D eigenvalue weighted by Gasteiger charge is -2.09. The van der Waals surface area contributed by atoms with Gasteiger partial charge in [0.25, 0.3) is 5.69 Å². The average Bonchev–Trinajstić information content (AvgIpc) is 2.47. The van der Waals surface area contributed by atoms with E-state index in [1.165, 1.54) is 13.2 Å². The fourth-order valence-electron chi connectivity index (χ4n) is 1.70. The fraction of sp³-hybridized carbons (Fsp3) is 0.154. The van der Waals surface area contributed by atoms with Crippen LogP contribution in [0.5, 0.6) is 5.75 Å². The number of nitro benzene ring substituents is 1. The molecule has 2 aromatic rings. The molecule has 0 saturated heterocycles. The van der Waals surface area contributed by atoms with E-state index in [-0.39, 0.29) is 23.7 Å². The minimum Gasteiger partial charge on any atom is -0.494 e. The first kappa shape index (κ1) is 15.0. The van der Waals surface area contributed by atoms with Gasteiger partial charge in [-0.3, -0.25) is 10.1 Å². The van der Waals surface area contributed by atoms with Gasteiger partial charge in [-0.1, -0.05) is 17.7 Å². The molecule has 0 saturated carbocycles. The monoisotopic (exact) mass is 311 g/mol. The molecule has 21 heavy (non-hydrogen) atoms. The summed E-state index contributed by atoms with van der Waals surface area (Å²) in [4.78, 5) is 14.2. The molecule has 0 fully saturated rings. The molecule has 1 aromatic heterocycles. The summed E-state index contributed by atoms with van der Waals surface area (Å²) >= 11 is 5.67. The van der Waals surface area contributed by atoms with Crippen LogP contribution in [0.15, 0.2) is 30.5 Å². The third-order valence-corrected chi connectivity index (χ3v) is 2.96.